The fraction of sp³-hybridized carbons (Fsp3) is 0.765. The van der Waals surface area contributed by atoms with E-state index >= 15 is 0 Å². The molecule has 1 N–H and O–H groups in total. The van der Waals surface area contributed by atoms with Gasteiger partial charge in [-0.05, 0) is 44.6 Å². The first-order valence-corrected chi connectivity index (χ1v) is 7.73. The van der Waals surface area contributed by atoms with Crippen LogP contribution < -0.4 is 0 Å². The van der Waals surface area contributed by atoms with Crippen LogP contribution >= 0.6 is 0 Å². The molecule has 4 nitrogen and oxygen atoms in total. The highest BCUT2D eigenvalue weighted by Crippen LogP contribution is 2.56. The van der Waals surface area contributed by atoms with E-state index in [1.54, 1.807) is 6.92 Å². The average Bonchev–Trinajstić information content (AvgIpc) is 2.52. The zero-order valence-corrected chi connectivity index (χ0v) is 13.6. The Morgan fingerprint density at radius 1 is 1.48 bits per heavy atom. The van der Waals surface area contributed by atoms with Gasteiger partial charge in [-0.15, -0.1) is 0 Å². The molecule has 2 aliphatic rings. The van der Waals surface area contributed by atoms with E-state index in [0.29, 0.717) is 12.8 Å². The molecule has 0 aliphatic heterocycles. The number of Topliss-reactive ketones (excluding diaryl/α,β-unsaturated/α-hetero) is 1. The van der Waals surface area contributed by atoms with E-state index < -0.39 is 23.1 Å². The molecule has 0 aromatic carbocycles. The molecule has 0 bridgehead atoms. The Labute approximate surface area is 126 Å². The minimum Gasteiger partial charge on any atom is -0.457 e. The second-order valence-corrected chi connectivity index (χ2v) is 7.15. The van der Waals surface area contributed by atoms with Crippen molar-refractivity contribution >= 4 is 11.8 Å². The van der Waals surface area contributed by atoms with Gasteiger partial charge in [-0.25, -0.2) is 0 Å². The van der Waals surface area contributed by atoms with Crippen LogP contribution in [-0.4, -0.2) is 28.6 Å². The Kier molecular flexibility index (Phi) is 4.04. The van der Waals surface area contributed by atoms with Crippen molar-refractivity contribution in [3.8, 4) is 0 Å². The monoisotopic (exact) mass is 294 g/mol. The standard InChI is InChI=1S/C17H26O4/c1-10(2)13-9-14(19)16(5)15(21-12(4)18)8-11(3)6-7-17(13,16)20/h8,10,13,15,20H,6-7,9H2,1-5H3. The Morgan fingerprint density at radius 2 is 2.10 bits per heavy atom. The van der Waals surface area contributed by atoms with Gasteiger partial charge < -0.3 is 9.84 Å². The van der Waals surface area contributed by atoms with Gasteiger partial charge in [0, 0.05) is 13.3 Å². The van der Waals surface area contributed by atoms with Crippen LogP contribution in [0.1, 0.15) is 53.9 Å². The lowest BCUT2D eigenvalue weighted by molar-refractivity contribution is -0.172. The number of hydrogen-bond donors (Lipinski definition) is 1. The van der Waals surface area contributed by atoms with Crippen molar-refractivity contribution in [2.75, 3.05) is 0 Å². The summed E-state index contributed by atoms with van der Waals surface area (Å²) in [4.78, 5) is 24.2. The molecule has 0 aromatic heterocycles. The van der Waals surface area contributed by atoms with Crippen LogP contribution in [-0.2, 0) is 14.3 Å². The van der Waals surface area contributed by atoms with Crippen LogP contribution in [0.25, 0.3) is 0 Å². The van der Waals surface area contributed by atoms with E-state index in [-0.39, 0.29) is 17.6 Å². The first-order chi connectivity index (χ1) is 9.62. The van der Waals surface area contributed by atoms with Crippen molar-refractivity contribution in [2.24, 2.45) is 17.3 Å². The Morgan fingerprint density at radius 3 is 2.62 bits per heavy atom. The number of ketones is 1. The first-order valence-electron chi connectivity index (χ1n) is 7.73. The van der Waals surface area contributed by atoms with E-state index in [1.165, 1.54) is 6.92 Å². The molecular weight excluding hydrogens is 268 g/mol. The minimum absolute atomic E-state index is 0.000833. The third kappa shape index (κ3) is 2.33. The number of rotatable bonds is 2. The molecule has 2 aliphatic carbocycles. The van der Waals surface area contributed by atoms with Crippen molar-refractivity contribution in [2.45, 2.75) is 65.6 Å². The number of esters is 1. The maximum absolute atomic E-state index is 12.7. The summed E-state index contributed by atoms with van der Waals surface area (Å²) >= 11 is 0. The normalized spacial score (nSPS) is 39.8. The van der Waals surface area contributed by atoms with Crippen molar-refractivity contribution < 1.29 is 19.4 Å². The van der Waals surface area contributed by atoms with Gasteiger partial charge in [-0.1, -0.05) is 19.4 Å². The Balaban J connectivity index is 2.54. The maximum atomic E-state index is 12.7. The lowest BCUT2D eigenvalue weighted by Gasteiger charge is -2.44. The molecule has 4 atom stereocenters. The third-order valence-electron chi connectivity index (χ3n) is 5.50. The maximum Gasteiger partial charge on any atom is 0.303 e. The van der Waals surface area contributed by atoms with Gasteiger partial charge in [-0.3, -0.25) is 9.59 Å². The fourth-order valence-corrected chi connectivity index (χ4v) is 4.07. The highest BCUT2D eigenvalue weighted by atomic mass is 16.5. The average molecular weight is 294 g/mol. The fourth-order valence-electron chi connectivity index (χ4n) is 4.07. The van der Waals surface area contributed by atoms with Crippen LogP contribution in [0.2, 0.25) is 0 Å². The number of carbonyl (C=O) groups is 2. The molecule has 4 unspecified atom stereocenters. The summed E-state index contributed by atoms with van der Waals surface area (Å²) in [5.74, 6) is -0.305. The van der Waals surface area contributed by atoms with Crippen LogP contribution in [0.3, 0.4) is 0 Å². The predicted octanol–water partition coefficient (Wildman–Crippen LogP) is 2.64. The summed E-state index contributed by atoms with van der Waals surface area (Å²) in [6.45, 7) is 9.14. The van der Waals surface area contributed by atoms with Crippen molar-refractivity contribution in [3.63, 3.8) is 0 Å². The van der Waals surface area contributed by atoms with Gasteiger partial charge in [0.2, 0.25) is 0 Å². The molecular formula is C17H26O4. The second kappa shape index (κ2) is 5.24. The quantitative estimate of drug-likeness (QED) is 0.628. The summed E-state index contributed by atoms with van der Waals surface area (Å²) in [6.07, 6.45) is 2.78. The minimum atomic E-state index is -1.12. The van der Waals surface area contributed by atoms with Gasteiger partial charge in [0.05, 0.1) is 11.0 Å². The number of ether oxygens (including phenoxy) is 1. The summed E-state index contributed by atoms with van der Waals surface area (Å²) in [5, 5.41) is 11.4. The highest BCUT2D eigenvalue weighted by molar-refractivity contribution is 5.90. The molecule has 2 rings (SSSR count). The molecule has 1 saturated carbocycles. The first kappa shape index (κ1) is 16.2. The summed E-state index contributed by atoms with van der Waals surface area (Å²) < 4.78 is 5.43. The summed E-state index contributed by atoms with van der Waals surface area (Å²) in [7, 11) is 0. The number of aliphatic hydroxyl groups is 1. The van der Waals surface area contributed by atoms with E-state index in [0.717, 1.165) is 12.0 Å². The Hall–Kier alpha value is -1.16. The van der Waals surface area contributed by atoms with E-state index in [2.05, 4.69) is 0 Å². The number of allylic oxidation sites excluding steroid dienone is 1. The Bertz CT molecular complexity index is 493. The molecule has 0 radical (unpaired) electrons. The second-order valence-electron chi connectivity index (χ2n) is 7.15. The smallest absolute Gasteiger partial charge is 0.303 e. The number of carbonyl (C=O) groups excluding carboxylic acids is 2. The lowest BCUT2D eigenvalue weighted by atomic mass is 9.65. The lowest BCUT2D eigenvalue weighted by Crippen LogP contribution is -2.56. The van der Waals surface area contributed by atoms with E-state index in [9.17, 15) is 14.7 Å². The van der Waals surface area contributed by atoms with Gasteiger partial charge in [0.25, 0.3) is 0 Å². The van der Waals surface area contributed by atoms with Crippen LogP contribution in [0.5, 0.6) is 0 Å². The molecule has 118 valence electrons. The van der Waals surface area contributed by atoms with E-state index in [4.69, 9.17) is 4.74 Å². The van der Waals surface area contributed by atoms with E-state index in [1.807, 2.05) is 26.8 Å². The van der Waals surface area contributed by atoms with Gasteiger partial charge in [-0.2, -0.15) is 0 Å². The SMILES string of the molecule is CC(=O)OC1C=C(C)CCC2(O)C(C(C)C)CC(=O)C12C. The zero-order valence-electron chi connectivity index (χ0n) is 13.6. The van der Waals surface area contributed by atoms with Crippen LogP contribution in [0.4, 0.5) is 0 Å². The highest BCUT2D eigenvalue weighted by Gasteiger charge is 2.66. The van der Waals surface area contributed by atoms with Crippen molar-refractivity contribution in [1.82, 2.24) is 0 Å². The topological polar surface area (TPSA) is 63.6 Å². The molecule has 0 heterocycles. The molecule has 21 heavy (non-hydrogen) atoms. The van der Waals surface area contributed by atoms with Gasteiger partial charge >= 0.3 is 5.97 Å². The molecule has 0 saturated heterocycles. The van der Waals surface area contributed by atoms with Crippen LogP contribution in [0.15, 0.2) is 11.6 Å². The van der Waals surface area contributed by atoms with Gasteiger partial charge in [0.1, 0.15) is 11.9 Å². The van der Waals surface area contributed by atoms with Crippen molar-refractivity contribution in [1.29, 1.82) is 0 Å². The van der Waals surface area contributed by atoms with Gasteiger partial charge in [0.15, 0.2) is 0 Å². The molecule has 0 aromatic rings. The largest absolute Gasteiger partial charge is 0.457 e. The predicted molar refractivity (Wildman–Crippen MR) is 79.6 cm³/mol. The summed E-state index contributed by atoms with van der Waals surface area (Å²) in [6, 6.07) is 0. The van der Waals surface area contributed by atoms with Crippen molar-refractivity contribution in [3.05, 3.63) is 11.6 Å². The molecule has 1 fully saturated rings. The molecule has 0 amide bonds. The van der Waals surface area contributed by atoms with Crippen LogP contribution in [0, 0.1) is 17.3 Å². The molecule has 0 spiro atoms. The zero-order chi connectivity index (χ0) is 16.0. The summed E-state index contributed by atoms with van der Waals surface area (Å²) in [5.41, 5.74) is -1.11. The number of hydrogen-bond acceptors (Lipinski definition) is 4. The number of fused-ring (bicyclic) bond motifs is 1. The molecule has 4 heteroatoms. The third-order valence-corrected chi connectivity index (χ3v) is 5.50.